The Bertz CT molecular complexity index is 1110. The first-order valence-electron chi connectivity index (χ1n) is 10.5. The zero-order valence-corrected chi connectivity index (χ0v) is 18.3. The molecule has 164 valence electrons. The van der Waals surface area contributed by atoms with Gasteiger partial charge in [0.15, 0.2) is 5.60 Å². The van der Waals surface area contributed by atoms with Crippen LogP contribution in [0.5, 0.6) is 0 Å². The normalized spacial score (nSPS) is 21.8. The van der Waals surface area contributed by atoms with Gasteiger partial charge in [0.2, 0.25) is 10.0 Å². The molecule has 1 amide bonds. The van der Waals surface area contributed by atoms with Crippen molar-refractivity contribution in [1.82, 2.24) is 9.62 Å². The Balaban J connectivity index is 1.46. The highest BCUT2D eigenvalue weighted by atomic mass is 32.2. The molecule has 7 nitrogen and oxygen atoms in total. The molecular weight excluding hydrogens is 416 g/mol. The molecule has 0 bridgehead atoms. The van der Waals surface area contributed by atoms with E-state index in [0.29, 0.717) is 24.2 Å². The number of cyclic esters (lactones) is 1. The van der Waals surface area contributed by atoms with Crippen LogP contribution >= 0.6 is 0 Å². The van der Waals surface area contributed by atoms with E-state index in [0.717, 1.165) is 24.8 Å². The molecule has 0 aromatic heterocycles. The second-order valence-corrected chi connectivity index (χ2v) is 10.2. The van der Waals surface area contributed by atoms with Crippen LogP contribution in [0, 0.1) is 0 Å². The number of piperidine rings is 1. The fourth-order valence-corrected chi connectivity index (χ4v) is 5.69. The number of esters is 1. The van der Waals surface area contributed by atoms with E-state index in [-0.39, 0.29) is 17.9 Å². The van der Waals surface area contributed by atoms with Gasteiger partial charge in [-0.1, -0.05) is 36.8 Å². The summed E-state index contributed by atoms with van der Waals surface area (Å²) in [5, 5.41) is 2.79. The largest absolute Gasteiger partial charge is 0.445 e. The minimum Gasteiger partial charge on any atom is -0.445 e. The smallest absolute Gasteiger partial charge is 0.339 e. The third kappa shape index (κ3) is 4.36. The number of hydrogen-bond acceptors (Lipinski definition) is 5. The molecule has 8 heteroatoms. The molecule has 1 N–H and O–H groups in total. The fraction of sp³-hybridized carbons (Fsp3) is 0.391. The van der Waals surface area contributed by atoms with Gasteiger partial charge in [-0.05, 0) is 49.1 Å². The van der Waals surface area contributed by atoms with Gasteiger partial charge >= 0.3 is 5.97 Å². The molecule has 1 atom stereocenters. The van der Waals surface area contributed by atoms with Crippen molar-refractivity contribution in [1.29, 1.82) is 0 Å². The lowest BCUT2D eigenvalue weighted by molar-refractivity contribution is -0.139. The van der Waals surface area contributed by atoms with Crippen LogP contribution in [0.1, 0.15) is 47.7 Å². The van der Waals surface area contributed by atoms with Crippen LogP contribution in [-0.2, 0) is 32.5 Å². The summed E-state index contributed by atoms with van der Waals surface area (Å²) in [5.41, 5.74) is 0.593. The van der Waals surface area contributed by atoms with Gasteiger partial charge in [-0.3, -0.25) is 4.79 Å². The standard InChI is InChI=1S/C23H26N2O5S/c1-23(15-18-9-3-4-11-20(18)21(26)30-23)22(27)24-16-17-8-7-10-19(14-17)31(28,29)25-12-5-2-6-13-25/h3-4,7-11,14H,2,5-6,12-13,15-16H2,1H3,(H,24,27). The number of carbonyl (C=O) groups excluding carboxylic acids is 2. The molecule has 1 unspecified atom stereocenters. The molecule has 0 radical (unpaired) electrons. The molecular formula is C23H26N2O5S. The molecule has 0 spiro atoms. The molecule has 1 saturated heterocycles. The van der Waals surface area contributed by atoms with E-state index in [1.807, 2.05) is 12.1 Å². The summed E-state index contributed by atoms with van der Waals surface area (Å²) < 4.78 is 32.8. The lowest BCUT2D eigenvalue weighted by Crippen LogP contribution is -2.51. The lowest BCUT2D eigenvalue weighted by Gasteiger charge is -2.33. The second kappa shape index (κ2) is 8.43. The Morgan fingerprint density at radius 1 is 1.10 bits per heavy atom. The van der Waals surface area contributed by atoms with Gasteiger partial charge in [-0.25, -0.2) is 13.2 Å². The number of ether oxygens (including phenoxy) is 1. The number of fused-ring (bicyclic) bond motifs is 1. The van der Waals surface area contributed by atoms with E-state index in [1.54, 1.807) is 43.3 Å². The average Bonchev–Trinajstić information content (AvgIpc) is 2.78. The summed E-state index contributed by atoms with van der Waals surface area (Å²) in [7, 11) is -3.55. The Kier molecular flexibility index (Phi) is 5.85. The van der Waals surface area contributed by atoms with E-state index in [2.05, 4.69) is 5.32 Å². The highest BCUT2D eigenvalue weighted by molar-refractivity contribution is 7.89. The van der Waals surface area contributed by atoms with Crippen LogP contribution < -0.4 is 5.32 Å². The maximum absolute atomic E-state index is 12.9. The van der Waals surface area contributed by atoms with Gasteiger partial charge in [0, 0.05) is 26.1 Å². The fourth-order valence-electron chi connectivity index (χ4n) is 4.10. The van der Waals surface area contributed by atoms with Crippen LogP contribution in [-0.4, -0.2) is 43.3 Å². The minimum absolute atomic E-state index is 0.136. The van der Waals surface area contributed by atoms with Crippen LogP contribution in [0.4, 0.5) is 0 Å². The number of nitrogens with zero attached hydrogens (tertiary/aromatic N) is 1. The van der Waals surface area contributed by atoms with E-state index in [9.17, 15) is 18.0 Å². The predicted octanol–water partition coefficient (Wildman–Crippen LogP) is 2.65. The van der Waals surface area contributed by atoms with E-state index >= 15 is 0 Å². The van der Waals surface area contributed by atoms with Crippen molar-refractivity contribution in [3.63, 3.8) is 0 Å². The van der Waals surface area contributed by atoms with Crippen molar-refractivity contribution in [2.75, 3.05) is 13.1 Å². The lowest BCUT2D eigenvalue weighted by atomic mass is 9.89. The number of nitrogens with one attached hydrogen (secondary N) is 1. The first-order chi connectivity index (χ1) is 14.8. The highest BCUT2D eigenvalue weighted by Crippen LogP contribution is 2.28. The molecule has 4 rings (SSSR count). The van der Waals surface area contributed by atoms with Gasteiger partial charge in [-0.15, -0.1) is 0 Å². The second-order valence-electron chi connectivity index (χ2n) is 8.25. The maximum Gasteiger partial charge on any atom is 0.339 e. The highest BCUT2D eigenvalue weighted by Gasteiger charge is 2.42. The summed E-state index contributed by atoms with van der Waals surface area (Å²) in [6.45, 7) is 2.80. The zero-order valence-electron chi connectivity index (χ0n) is 17.5. The summed E-state index contributed by atoms with van der Waals surface area (Å²) in [4.78, 5) is 25.4. The van der Waals surface area contributed by atoms with Crippen molar-refractivity contribution in [2.24, 2.45) is 0 Å². The third-order valence-corrected chi connectivity index (χ3v) is 7.76. The third-order valence-electron chi connectivity index (χ3n) is 5.87. The van der Waals surface area contributed by atoms with Crippen LogP contribution in [0.3, 0.4) is 0 Å². The van der Waals surface area contributed by atoms with Crippen LogP contribution in [0.2, 0.25) is 0 Å². The Labute approximate surface area is 182 Å². The van der Waals surface area contributed by atoms with Crippen molar-refractivity contribution in [2.45, 2.75) is 49.6 Å². The Morgan fingerprint density at radius 2 is 1.84 bits per heavy atom. The van der Waals surface area contributed by atoms with Crippen LogP contribution in [0.25, 0.3) is 0 Å². The molecule has 1 fully saturated rings. The Morgan fingerprint density at radius 3 is 2.61 bits per heavy atom. The van der Waals surface area contributed by atoms with Crippen molar-refractivity contribution < 1.29 is 22.7 Å². The molecule has 31 heavy (non-hydrogen) atoms. The van der Waals surface area contributed by atoms with Gasteiger partial charge in [0.25, 0.3) is 5.91 Å². The van der Waals surface area contributed by atoms with Gasteiger partial charge in [0.1, 0.15) is 0 Å². The summed E-state index contributed by atoms with van der Waals surface area (Å²) in [6, 6.07) is 13.7. The van der Waals surface area contributed by atoms with E-state index < -0.39 is 27.5 Å². The van der Waals surface area contributed by atoms with Crippen LogP contribution in [0.15, 0.2) is 53.4 Å². The van der Waals surface area contributed by atoms with Crippen molar-refractivity contribution >= 4 is 21.9 Å². The SMILES string of the molecule is CC1(C(=O)NCc2cccc(S(=O)(=O)N3CCCCC3)c2)Cc2ccccc2C(=O)O1. The first kappa shape index (κ1) is 21.5. The van der Waals surface area contributed by atoms with Crippen molar-refractivity contribution in [3.05, 3.63) is 65.2 Å². The Hall–Kier alpha value is -2.71. The molecule has 2 aromatic rings. The number of sulfonamides is 1. The molecule has 2 aliphatic heterocycles. The van der Waals surface area contributed by atoms with Gasteiger partial charge in [-0.2, -0.15) is 4.31 Å². The molecule has 2 heterocycles. The number of rotatable bonds is 5. The molecule has 0 saturated carbocycles. The number of benzene rings is 2. The number of amides is 1. The van der Waals surface area contributed by atoms with Gasteiger partial charge < -0.3 is 10.1 Å². The van der Waals surface area contributed by atoms with Crippen molar-refractivity contribution in [3.8, 4) is 0 Å². The van der Waals surface area contributed by atoms with Gasteiger partial charge in [0.05, 0.1) is 10.5 Å². The summed E-state index contributed by atoms with van der Waals surface area (Å²) in [6.07, 6.45) is 3.07. The quantitative estimate of drug-likeness (QED) is 0.719. The summed E-state index contributed by atoms with van der Waals surface area (Å²) in [5.74, 6) is -0.936. The predicted molar refractivity (Wildman–Crippen MR) is 115 cm³/mol. The molecule has 2 aliphatic rings. The number of hydrogen-bond donors (Lipinski definition) is 1. The molecule has 2 aromatic carbocycles. The minimum atomic E-state index is -3.55. The van der Waals surface area contributed by atoms with E-state index in [1.165, 1.54) is 4.31 Å². The number of carbonyl (C=O) groups is 2. The maximum atomic E-state index is 12.9. The summed E-state index contributed by atoms with van der Waals surface area (Å²) >= 11 is 0. The zero-order chi connectivity index (χ0) is 22.1. The topological polar surface area (TPSA) is 92.8 Å². The average molecular weight is 443 g/mol. The monoisotopic (exact) mass is 442 g/mol. The molecule has 0 aliphatic carbocycles. The van der Waals surface area contributed by atoms with E-state index in [4.69, 9.17) is 4.74 Å². The first-order valence-corrected chi connectivity index (χ1v) is 11.9.